The Morgan fingerprint density at radius 2 is 1.57 bits per heavy atom. The molecular weight excluding hydrogens is 1260 g/mol. The van der Waals surface area contributed by atoms with Crippen LogP contribution in [0.15, 0.2) is 132 Å². The number of thiazole rings is 1. The molecule has 10 aromatic rings. The standard InChI is InChI=1S/C66H63N15O8S4/c1-66(2,3)89-61(82)46(34-68)29-43-13-17-49-53(30-43)90-28-25-81(49)24-27-86-65(84)73-36-39-5-9-41(10-6-39)37-87-59-56-58(78-62(70)79-59)77-57(76-56)44-14-16-48-52(32-44)93-60(74-48)45(33-67)31-47-15-18-50(91-47)51-19-20-55(92-51)80(4)23-26-85-64(83)72-35-40-7-11-42(12-8-40)38-88-63-71-22-21-54(69)75-63/h5-22,29-32,64,72,83H,23-28,35-38H2,1-4H3,(H,73,84)(H2,69,71,75)(H3,70,76,77,78,79)/b45-31+,46-29+. The number of rotatable bonds is 25. The van der Waals surface area contributed by atoms with Crippen molar-refractivity contribution in [1.29, 1.82) is 10.5 Å². The first-order valence-corrected chi connectivity index (χ1v) is 32.7. The number of nitrogens with two attached hydrogens (primary N) is 2. The van der Waals surface area contributed by atoms with E-state index in [9.17, 15) is 25.2 Å². The minimum atomic E-state index is -1.15. The number of allylic oxidation sites excluding steroid dienone is 1. The molecule has 1 atom stereocenters. The number of aliphatic hydroxyl groups excluding tert-OH is 1. The Morgan fingerprint density at radius 3 is 2.33 bits per heavy atom. The predicted molar refractivity (Wildman–Crippen MR) is 363 cm³/mol. The van der Waals surface area contributed by atoms with E-state index in [-0.39, 0.29) is 43.2 Å². The summed E-state index contributed by atoms with van der Waals surface area (Å²) in [6.07, 6.45) is 3.26. The predicted octanol–water partition coefficient (Wildman–Crippen LogP) is 11.2. The summed E-state index contributed by atoms with van der Waals surface area (Å²) < 4.78 is 29.3. The van der Waals surface area contributed by atoms with Crippen molar-refractivity contribution in [2.75, 3.05) is 66.9 Å². The molecule has 6 aromatic heterocycles. The summed E-state index contributed by atoms with van der Waals surface area (Å²) in [5, 5.41) is 37.9. The number of alkyl carbamates (subject to hydrolysis) is 1. The molecule has 1 aliphatic rings. The highest BCUT2D eigenvalue weighted by Crippen LogP contribution is 2.40. The lowest BCUT2D eigenvalue weighted by molar-refractivity contribution is -0.149. The Balaban J connectivity index is 0.629. The van der Waals surface area contributed by atoms with Gasteiger partial charge in [0.05, 0.1) is 39.6 Å². The van der Waals surface area contributed by atoms with Gasteiger partial charge in [-0.1, -0.05) is 54.6 Å². The van der Waals surface area contributed by atoms with Crippen LogP contribution in [0, 0.1) is 22.7 Å². The molecule has 93 heavy (non-hydrogen) atoms. The van der Waals surface area contributed by atoms with Gasteiger partial charge in [0.25, 0.3) is 0 Å². The Labute approximate surface area is 551 Å². The second-order valence-electron chi connectivity index (χ2n) is 22.1. The Hall–Kier alpha value is -9.97. The number of H-pyrrole nitrogens is 1. The third kappa shape index (κ3) is 17.1. The monoisotopic (exact) mass is 1320 g/mol. The van der Waals surface area contributed by atoms with E-state index >= 15 is 0 Å². The van der Waals surface area contributed by atoms with Gasteiger partial charge >= 0.3 is 18.1 Å². The van der Waals surface area contributed by atoms with Gasteiger partial charge < -0.3 is 60.4 Å². The molecule has 474 valence electrons. The van der Waals surface area contributed by atoms with E-state index in [1.807, 2.05) is 110 Å². The molecule has 0 saturated carbocycles. The molecule has 0 bridgehead atoms. The number of nitriles is 2. The fourth-order valence-corrected chi connectivity index (χ4v) is 13.6. The molecule has 23 nitrogen and oxygen atoms in total. The molecule has 0 spiro atoms. The molecule has 11 rings (SSSR count). The number of aromatic nitrogens is 7. The number of benzene rings is 4. The van der Waals surface area contributed by atoms with Crippen LogP contribution < -0.4 is 41.4 Å². The summed E-state index contributed by atoms with van der Waals surface area (Å²) in [6, 6.07) is 41.2. The van der Waals surface area contributed by atoms with Crippen LogP contribution in [0.1, 0.15) is 58.5 Å². The van der Waals surface area contributed by atoms with E-state index in [1.54, 1.807) is 67.5 Å². The number of nitrogens with one attached hydrogen (secondary N) is 3. The molecule has 8 N–H and O–H groups in total. The highest BCUT2D eigenvalue weighted by atomic mass is 32.2. The lowest BCUT2D eigenvalue weighted by Gasteiger charge is -2.30. The SMILES string of the molecule is CN(CCOC(O)NCc1ccc(COc2nccc(N)n2)cc1)c1ccc(-c2ccc(/C=C(\C#N)c3nc4ccc(-c5nc6c(OCc7ccc(CNC(=O)OCCN8CCSc9cc(/C=C(\C#N)C(=O)OC(C)(C)C)ccc98)cc7)nc(N)nc6[nH]5)cc4s3)s2)s1. The van der Waals surface area contributed by atoms with Crippen molar-refractivity contribution in [2.45, 2.75) is 64.0 Å². The maximum atomic E-state index is 12.8. The molecule has 1 unspecified atom stereocenters. The Bertz CT molecular complexity index is 4470. The highest BCUT2D eigenvalue weighted by Gasteiger charge is 2.23. The minimum absolute atomic E-state index is 0.0107. The fraction of sp³-hybridized carbons (Fsp3) is 0.242. The number of carbonyl (C=O) groups excluding carboxylic acids is 2. The summed E-state index contributed by atoms with van der Waals surface area (Å²) in [4.78, 5) is 63.4. The van der Waals surface area contributed by atoms with Gasteiger partial charge in [0.15, 0.2) is 11.2 Å². The van der Waals surface area contributed by atoms with Gasteiger partial charge in [-0.15, -0.1) is 45.8 Å². The zero-order valence-electron chi connectivity index (χ0n) is 50.9. The number of imidazole rings is 1. The van der Waals surface area contributed by atoms with E-state index in [0.717, 1.165) is 80.5 Å². The zero-order valence-corrected chi connectivity index (χ0v) is 54.2. The first-order valence-electron chi connectivity index (χ1n) is 29.3. The fourth-order valence-electron chi connectivity index (χ4n) is 9.46. The second-order valence-corrected chi connectivity index (χ2v) is 26.4. The van der Waals surface area contributed by atoms with Gasteiger partial charge in [0.1, 0.15) is 59.8 Å². The van der Waals surface area contributed by atoms with Gasteiger partial charge in [-0.3, -0.25) is 5.32 Å². The van der Waals surface area contributed by atoms with E-state index in [2.05, 4.69) is 69.6 Å². The van der Waals surface area contributed by atoms with Gasteiger partial charge in [-0.2, -0.15) is 25.5 Å². The van der Waals surface area contributed by atoms with Crippen LogP contribution in [0.5, 0.6) is 11.9 Å². The van der Waals surface area contributed by atoms with Crippen molar-refractivity contribution in [2.24, 2.45) is 0 Å². The normalized spacial score (nSPS) is 12.9. The number of ether oxygens (including phenoxy) is 5. The molecule has 0 saturated heterocycles. The topological polar surface area (TPSA) is 324 Å². The molecule has 0 fully saturated rings. The molecule has 7 heterocycles. The van der Waals surface area contributed by atoms with Crippen LogP contribution in [0.4, 0.5) is 27.2 Å². The summed E-state index contributed by atoms with van der Waals surface area (Å²) in [6.45, 7) is 8.63. The minimum Gasteiger partial charge on any atom is -0.471 e. The molecule has 0 aliphatic carbocycles. The average Bonchev–Trinajstić information content (AvgIpc) is 1.75. The van der Waals surface area contributed by atoms with Gasteiger partial charge in [0, 0.05) is 70.3 Å². The smallest absolute Gasteiger partial charge is 0.407 e. The lowest BCUT2D eigenvalue weighted by atomic mass is 10.1. The lowest BCUT2D eigenvalue weighted by Crippen LogP contribution is -2.34. The molecule has 1 amide bonds. The van der Waals surface area contributed by atoms with Crippen molar-refractivity contribution >= 4 is 119 Å². The Morgan fingerprint density at radius 1 is 0.817 bits per heavy atom. The van der Waals surface area contributed by atoms with E-state index in [4.69, 9.17) is 45.1 Å². The van der Waals surface area contributed by atoms with Crippen LogP contribution in [-0.2, 0) is 45.3 Å². The molecule has 27 heteroatoms. The van der Waals surface area contributed by atoms with Crippen LogP contribution >= 0.6 is 45.8 Å². The molecule has 1 aliphatic heterocycles. The van der Waals surface area contributed by atoms with E-state index in [0.29, 0.717) is 71.8 Å². The van der Waals surface area contributed by atoms with Gasteiger partial charge in [-0.05, 0) is 121 Å². The number of anilines is 4. The van der Waals surface area contributed by atoms with Crippen molar-refractivity contribution in [3.8, 4) is 45.2 Å². The van der Waals surface area contributed by atoms with Crippen LogP contribution in [0.2, 0.25) is 0 Å². The van der Waals surface area contributed by atoms with Crippen molar-refractivity contribution in [1.82, 2.24) is 45.5 Å². The number of hydrogen-bond acceptors (Lipinski definition) is 25. The highest BCUT2D eigenvalue weighted by molar-refractivity contribution is 7.99. The summed E-state index contributed by atoms with van der Waals surface area (Å²) in [7, 11) is 1.98. The Kier molecular flexibility index (Phi) is 20.5. The number of fused-ring (bicyclic) bond motifs is 3. The van der Waals surface area contributed by atoms with Crippen molar-refractivity contribution < 1.29 is 38.4 Å². The molecular formula is C66H63N15O8S4. The number of amides is 1. The largest absolute Gasteiger partial charge is 0.471 e. The summed E-state index contributed by atoms with van der Waals surface area (Å²) >= 11 is 6.33. The number of likely N-dealkylation sites (N-methyl/N-ethyl adjacent to an activating group) is 1. The number of thiophene rings is 2. The van der Waals surface area contributed by atoms with Crippen LogP contribution in [-0.4, -0.2) is 110 Å². The van der Waals surface area contributed by atoms with Gasteiger partial charge in [-0.25, -0.2) is 24.5 Å². The average molecular weight is 1320 g/mol. The summed E-state index contributed by atoms with van der Waals surface area (Å²) in [5.41, 5.74) is 19.1. The molecule has 4 aromatic carbocycles. The number of nitrogen functional groups attached to an aromatic ring is 2. The zero-order chi connectivity index (χ0) is 65.0. The number of thioether (sulfide) groups is 1. The number of esters is 1. The first kappa shape index (κ1) is 64.6. The third-order valence-electron chi connectivity index (χ3n) is 14.1. The number of carbonyl (C=O) groups is 2. The second kappa shape index (κ2) is 29.5. The number of hydrogen-bond donors (Lipinski definition) is 6. The van der Waals surface area contributed by atoms with Crippen LogP contribution in [0.25, 0.3) is 60.2 Å². The number of aromatic amines is 1. The number of aliphatic hydroxyl groups is 1. The van der Waals surface area contributed by atoms with Crippen molar-refractivity contribution in [3.05, 3.63) is 165 Å². The van der Waals surface area contributed by atoms with Crippen molar-refractivity contribution in [3.63, 3.8) is 0 Å². The summed E-state index contributed by atoms with van der Waals surface area (Å²) in [5.74, 6) is 1.23. The number of nitrogens with zero attached hydrogens (tertiary/aromatic N) is 10. The first-order chi connectivity index (χ1) is 45.0. The molecule has 0 radical (unpaired) electrons. The third-order valence-corrected chi connectivity index (χ3v) is 18.6. The van der Waals surface area contributed by atoms with E-state index < -0.39 is 24.1 Å². The van der Waals surface area contributed by atoms with Gasteiger partial charge in [0.2, 0.25) is 18.2 Å². The maximum absolute atomic E-state index is 12.8. The quantitative estimate of drug-likeness (QED) is 0.0134. The van der Waals surface area contributed by atoms with E-state index in [1.165, 1.54) is 17.4 Å². The van der Waals surface area contributed by atoms with Crippen LogP contribution in [0.3, 0.4) is 0 Å². The maximum Gasteiger partial charge on any atom is 0.407 e.